The molecule has 3 rings (SSSR count). The van der Waals surface area contributed by atoms with Crippen LogP contribution in [-0.4, -0.2) is 71.4 Å². The van der Waals surface area contributed by atoms with Crippen LogP contribution in [0.25, 0.3) is 0 Å². The maximum absolute atomic E-state index is 12.1. The molecule has 2 aromatic heterocycles. The Balaban J connectivity index is 1.47. The average Bonchev–Trinajstić information content (AvgIpc) is 3.30. The summed E-state index contributed by atoms with van der Waals surface area (Å²) < 4.78 is 7.65. The highest BCUT2D eigenvalue weighted by Gasteiger charge is 2.25. The van der Waals surface area contributed by atoms with Gasteiger partial charge in [0, 0.05) is 45.5 Å². The lowest BCUT2D eigenvalue weighted by atomic mass is 10.1. The van der Waals surface area contributed by atoms with Gasteiger partial charge in [-0.3, -0.25) is 14.5 Å². The second-order valence-electron chi connectivity index (χ2n) is 6.25. The van der Waals surface area contributed by atoms with Gasteiger partial charge in [0.1, 0.15) is 11.0 Å². The topological polar surface area (TPSA) is 96.7 Å². The smallest absolute Gasteiger partial charge is 0.263 e. The lowest BCUT2D eigenvalue weighted by molar-refractivity contribution is -0.00800. The van der Waals surface area contributed by atoms with Gasteiger partial charge >= 0.3 is 0 Å². The lowest BCUT2D eigenvalue weighted by Crippen LogP contribution is -2.49. The van der Waals surface area contributed by atoms with Gasteiger partial charge in [-0.25, -0.2) is 4.98 Å². The van der Waals surface area contributed by atoms with Crippen molar-refractivity contribution in [3.63, 3.8) is 0 Å². The number of rotatable bonds is 5. The first-order valence-electron chi connectivity index (χ1n) is 8.82. The number of aryl methyl sites for hydroxylation is 2. The summed E-state index contributed by atoms with van der Waals surface area (Å²) in [7, 11) is 3.66. The van der Waals surface area contributed by atoms with Crippen LogP contribution in [0.15, 0.2) is 22.9 Å². The molecule has 2 aromatic rings. The predicted octanol–water partition coefficient (Wildman–Crippen LogP) is 0.564. The maximum atomic E-state index is 12.1. The molecular formula is C17H25N7O2S. The second-order valence-corrected chi connectivity index (χ2v) is 7.10. The highest BCUT2D eigenvalue weighted by Crippen LogP contribution is 2.21. The van der Waals surface area contributed by atoms with E-state index in [0.717, 1.165) is 23.8 Å². The molecule has 1 saturated heterocycles. The average molecular weight is 392 g/mol. The van der Waals surface area contributed by atoms with Gasteiger partial charge in [0.05, 0.1) is 30.6 Å². The Morgan fingerprint density at radius 2 is 2.26 bits per heavy atom. The zero-order valence-corrected chi connectivity index (χ0v) is 16.6. The molecule has 0 saturated carbocycles. The van der Waals surface area contributed by atoms with Gasteiger partial charge in [0.15, 0.2) is 5.96 Å². The van der Waals surface area contributed by atoms with Crippen molar-refractivity contribution in [2.24, 2.45) is 12.0 Å². The Kier molecular flexibility index (Phi) is 6.40. The molecule has 0 aliphatic carbocycles. The molecule has 0 spiro atoms. The summed E-state index contributed by atoms with van der Waals surface area (Å²) in [5, 5.41) is 10.4. The molecule has 9 nitrogen and oxygen atoms in total. The minimum atomic E-state index is -0.0881. The third-order valence-corrected chi connectivity index (χ3v) is 5.25. The second kappa shape index (κ2) is 8.96. The fraction of sp³-hybridized carbons (Fsp3) is 0.529. The predicted molar refractivity (Wildman–Crippen MR) is 104 cm³/mol. The third kappa shape index (κ3) is 4.83. The van der Waals surface area contributed by atoms with Gasteiger partial charge in [-0.2, -0.15) is 5.10 Å². The van der Waals surface area contributed by atoms with Crippen molar-refractivity contribution in [2.45, 2.75) is 13.0 Å². The number of hydrogen-bond donors (Lipinski definition) is 2. The van der Waals surface area contributed by atoms with Crippen LogP contribution in [0.4, 0.5) is 0 Å². The van der Waals surface area contributed by atoms with Crippen LogP contribution >= 0.6 is 11.3 Å². The number of nitrogens with zero attached hydrogens (tertiary/aromatic N) is 5. The quantitative estimate of drug-likeness (QED) is 0.439. The molecule has 1 amide bonds. The van der Waals surface area contributed by atoms with Crippen molar-refractivity contribution in [1.29, 1.82) is 0 Å². The van der Waals surface area contributed by atoms with Crippen molar-refractivity contribution in [2.75, 3.05) is 39.8 Å². The van der Waals surface area contributed by atoms with Gasteiger partial charge in [0.2, 0.25) is 0 Å². The Hall–Kier alpha value is -2.46. The molecule has 1 atom stereocenters. The molecule has 3 heterocycles. The van der Waals surface area contributed by atoms with Crippen LogP contribution in [0.5, 0.6) is 0 Å². The van der Waals surface area contributed by atoms with Crippen LogP contribution in [0.1, 0.15) is 27.0 Å². The number of ether oxygens (including phenoxy) is 1. The van der Waals surface area contributed by atoms with E-state index >= 15 is 0 Å². The van der Waals surface area contributed by atoms with E-state index in [2.05, 4.69) is 30.6 Å². The van der Waals surface area contributed by atoms with E-state index in [1.165, 1.54) is 11.3 Å². The van der Waals surface area contributed by atoms with E-state index in [-0.39, 0.29) is 12.0 Å². The van der Waals surface area contributed by atoms with Crippen LogP contribution in [-0.2, 0) is 11.8 Å². The van der Waals surface area contributed by atoms with E-state index in [0.29, 0.717) is 31.1 Å². The van der Waals surface area contributed by atoms with Crippen molar-refractivity contribution in [3.8, 4) is 0 Å². The number of thiazole rings is 1. The molecule has 27 heavy (non-hydrogen) atoms. The molecule has 0 radical (unpaired) electrons. The Morgan fingerprint density at radius 1 is 1.44 bits per heavy atom. The monoisotopic (exact) mass is 391 g/mol. The van der Waals surface area contributed by atoms with Crippen LogP contribution < -0.4 is 10.6 Å². The van der Waals surface area contributed by atoms with E-state index in [1.807, 2.05) is 26.4 Å². The van der Waals surface area contributed by atoms with E-state index in [9.17, 15) is 4.79 Å². The largest absolute Gasteiger partial charge is 0.370 e. The number of aromatic nitrogens is 3. The first kappa shape index (κ1) is 19.3. The van der Waals surface area contributed by atoms with E-state index < -0.39 is 0 Å². The van der Waals surface area contributed by atoms with Gasteiger partial charge in [0.25, 0.3) is 5.91 Å². The number of guanidine groups is 1. The molecule has 146 valence electrons. The van der Waals surface area contributed by atoms with Crippen LogP contribution in [0, 0.1) is 6.92 Å². The third-order valence-electron chi connectivity index (χ3n) is 4.32. The minimum Gasteiger partial charge on any atom is -0.370 e. The summed E-state index contributed by atoms with van der Waals surface area (Å²) in [6.45, 7) is 5.03. The SMILES string of the molecule is CN=C(NCCNC(=O)c1scnc1C)N1CCOC(c2cnn(C)c2)C1. The maximum Gasteiger partial charge on any atom is 0.263 e. The van der Waals surface area contributed by atoms with E-state index in [4.69, 9.17) is 4.74 Å². The number of aliphatic imine (C=N–C) groups is 1. The number of hydrogen-bond acceptors (Lipinski definition) is 6. The van der Waals surface area contributed by atoms with Crippen molar-refractivity contribution in [3.05, 3.63) is 34.0 Å². The molecule has 0 aromatic carbocycles. The summed E-state index contributed by atoms with van der Waals surface area (Å²) >= 11 is 1.35. The number of carbonyl (C=O) groups is 1. The van der Waals surface area contributed by atoms with Crippen molar-refractivity contribution >= 4 is 23.2 Å². The fourth-order valence-corrected chi connectivity index (χ4v) is 3.65. The van der Waals surface area contributed by atoms with Gasteiger partial charge in [-0.1, -0.05) is 0 Å². The molecular weight excluding hydrogens is 366 g/mol. The molecule has 1 fully saturated rings. The summed E-state index contributed by atoms with van der Waals surface area (Å²) in [6, 6.07) is 0. The summed E-state index contributed by atoms with van der Waals surface area (Å²) in [4.78, 5) is 23.4. The minimum absolute atomic E-state index is 0.0278. The zero-order chi connectivity index (χ0) is 19.2. The normalized spacial score (nSPS) is 17.8. The first-order valence-corrected chi connectivity index (χ1v) is 9.70. The summed E-state index contributed by atoms with van der Waals surface area (Å²) in [5.74, 6) is 0.713. The van der Waals surface area contributed by atoms with Crippen molar-refractivity contribution in [1.82, 2.24) is 30.3 Å². The first-order chi connectivity index (χ1) is 13.1. The van der Waals surface area contributed by atoms with E-state index in [1.54, 1.807) is 17.2 Å². The highest BCUT2D eigenvalue weighted by molar-refractivity contribution is 7.11. The molecule has 10 heteroatoms. The fourth-order valence-electron chi connectivity index (χ4n) is 2.93. The molecule has 1 aliphatic heterocycles. The number of nitrogens with one attached hydrogen (secondary N) is 2. The summed E-state index contributed by atoms with van der Waals surface area (Å²) in [6.07, 6.45) is 3.78. The Labute approximate surface area is 162 Å². The highest BCUT2D eigenvalue weighted by atomic mass is 32.1. The van der Waals surface area contributed by atoms with Crippen LogP contribution in [0.2, 0.25) is 0 Å². The summed E-state index contributed by atoms with van der Waals surface area (Å²) in [5.41, 5.74) is 3.50. The molecule has 1 unspecified atom stereocenters. The number of amides is 1. The zero-order valence-electron chi connectivity index (χ0n) is 15.8. The molecule has 0 bridgehead atoms. The Bertz CT molecular complexity index is 801. The Morgan fingerprint density at radius 3 is 2.93 bits per heavy atom. The standard InChI is InChI=1S/C17H25N7O2S/c1-12-15(27-11-21-12)16(25)19-4-5-20-17(18-2)24-6-7-26-14(10-24)13-8-22-23(3)9-13/h8-9,11,14H,4-7,10H2,1-3H3,(H,18,20)(H,19,25). The van der Waals surface area contributed by atoms with Gasteiger partial charge in [-0.05, 0) is 6.92 Å². The van der Waals surface area contributed by atoms with Crippen LogP contribution in [0.3, 0.4) is 0 Å². The van der Waals surface area contributed by atoms with Crippen molar-refractivity contribution < 1.29 is 9.53 Å². The van der Waals surface area contributed by atoms with Gasteiger partial charge in [-0.15, -0.1) is 11.3 Å². The van der Waals surface area contributed by atoms with Gasteiger partial charge < -0.3 is 20.3 Å². The molecule has 1 aliphatic rings. The molecule has 2 N–H and O–H groups in total. The lowest BCUT2D eigenvalue weighted by Gasteiger charge is -2.34. The number of carbonyl (C=O) groups excluding carboxylic acids is 1. The number of morpholine rings is 1.